The minimum atomic E-state index is -0.0279. The molecule has 0 saturated carbocycles. The summed E-state index contributed by atoms with van der Waals surface area (Å²) in [5.41, 5.74) is 7.29. The molecule has 2 heteroatoms. The monoisotopic (exact) mass is 181 g/mol. The quantitative estimate of drug-likeness (QED) is 0.723. The van der Waals surface area contributed by atoms with E-state index in [1.165, 1.54) is 5.56 Å². The van der Waals surface area contributed by atoms with E-state index in [1.807, 2.05) is 19.9 Å². The molecular formula is C11H19NO. The molecule has 1 aromatic heterocycles. The van der Waals surface area contributed by atoms with E-state index >= 15 is 0 Å². The van der Waals surface area contributed by atoms with Crippen molar-refractivity contribution in [2.24, 2.45) is 11.1 Å². The molecule has 1 rings (SSSR count). The third kappa shape index (κ3) is 2.13. The molecule has 0 aromatic carbocycles. The van der Waals surface area contributed by atoms with Crippen LogP contribution in [0.2, 0.25) is 0 Å². The number of hydrogen-bond acceptors (Lipinski definition) is 2. The molecule has 1 aromatic rings. The zero-order valence-electron chi connectivity index (χ0n) is 9.14. The summed E-state index contributed by atoms with van der Waals surface area (Å²) in [6, 6.07) is 2.01. The van der Waals surface area contributed by atoms with Gasteiger partial charge < -0.3 is 10.2 Å². The van der Waals surface area contributed by atoms with Crippen molar-refractivity contribution in [3.63, 3.8) is 0 Å². The molecule has 0 radical (unpaired) electrons. The molecule has 1 atom stereocenters. The number of hydrogen-bond donors (Lipinski definition) is 1. The average molecular weight is 181 g/mol. The summed E-state index contributed by atoms with van der Waals surface area (Å²) in [6.07, 6.45) is 0. The zero-order chi connectivity index (χ0) is 10.2. The average Bonchev–Trinajstić information content (AvgIpc) is 2.29. The molecule has 2 N–H and O–H groups in total. The largest absolute Gasteiger partial charge is 0.464 e. The Hall–Kier alpha value is -0.760. The van der Waals surface area contributed by atoms with Crippen LogP contribution in [0, 0.1) is 19.3 Å². The van der Waals surface area contributed by atoms with Crippen molar-refractivity contribution in [1.29, 1.82) is 0 Å². The van der Waals surface area contributed by atoms with Crippen molar-refractivity contribution in [3.8, 4) is 0 Å². The summed E-state index contributed by atoms with van der Waals surface area (Å²) in [7, 11) is 0. The van der Waals surface area contributed by atoms with Gasteiger partial charge in [-0.15, -0.1) is 0 Å². The molecular weight excluding hydrogens is 162 g/mol. The third-order valence-corrected chi connectivity index (χ3v) is 2.42. The molecule has 13 heavy (non-hydrogen) atoms. The highest BCUT2D eigenvalue weighted by molar-refractivity contribution is 5.21. The Kier molecular flexibility index (Phi) is 2.53. The van der Waals surface area contributed by atoms with E-state index in [1.54, 1.807) is 0 Å². The standard InChI is InChI=1S/C11H19NO/c1-7-6-9(13-8(7)2)10(12)11(3,4)5/h6,10H,12H2,1-5H3/t10-/m0/s1. The van der Waals surface area contributed by atoms with Crippen LogP contribution in [0.15, 0.2) is 10.5 Å². The van der Waals surface area contributed by atoms with E-state index in [2.05, 4.69) is 20.8 Å². The molecule has 2 nitrogen and oxygen atoms in total. The maximum absolute atomic E-state index is 6.06. The highest BCUT2D eigenvalue weighted by atomic mass is 16.3. The van der Waals surface area contributed by atoms with E-state index < -0.39 is 0 Å². The molecule has 1 heterocycles. The number of furan rings is 1. The molecule has 0 amide bonds. The minimum Gasteiger partial charge on any atom is -0.464 e. The van der Waals surface area contributed by atoms with Crippen LogP contribution >= 0.6 is 0 Å². The SMILES string of the molecule is Cc1cc([C@H](N)C(C)(C)C)oc1C. The first-order valence-corrected chi connectivity index (χ1v) is 4.65. The first kappa shape index (κ1) is 10.3. The smallest absolute Gasteiger partial charge is 0.121 e. The number of aryl methyl sites for hydroxylation is 2. The minimum absolute atomic E-state index is 0.0279. The summed E-state index contributed by atoms with van der Waals surface area (Å²) in [5.74, 6) is 1.86. The lowest BCUT2D eigenvalue weighted by molar-refractivity contribution is 0.282. The van der Waals surface area contributed by atoms with Gasteiger partial charge in [0, 0.05) is 0 Å². The number of rotatable bonds is 1. The Morgan fingerprint density at radius 1 is 1.31 bits per heavy atom. The molecule has 0 aliphatic rings. The Labute approximate surface area is 80.1 Å². The zero-order valence-corrected chi connectivity index (χ0v) is 9.14. The van der Waals surface area contributed by atoms with Gasteiger partial charge >= 0.3 is 0 Å². The van der Waals surface area contributed by atoms with Gasteiger partial charge in [-0.1, -0.05) is 20.8 Å². The van der Waals surface area contributed by atoms with Gasteiger partial charge in [0.15, 0.2) is 0 Å². The second kappa shape index (κ2) is 3.18. The highest BCUT2D eigenvalue weighted by Crippen LogP contribution is 2.32. The first-order chi connectivity index (χ1) is 5.82. The normalized spacial score (nSPS) is 14.6. The van der Waals surface area contributed by atoms with Crippen LogP contribution in [0.5, 0.6) is 0 Å². The van der Waals surface area contributed by atoms with E-state index in [9.17, 15) is 0 Å². The fourth-order valence-electron chi connectivity index (χ4n) is 1.18. The van der Waals surface area contributed by atoms with E-state index in [4.69, 9.17) is 10.2 Å². The van der Waals surface area contributed by atoms with Crippen LogP contribution in [-0.4, -0.2) is 0 Å². The molecule has 0 unspecified atom stereocenters. The van der Waals surface area contributed by atoms with Gasteiger partial charge in [0.2, 0.25) is 0 Å². The molecule has 0 fully saturated rings. The van der Waals surface area contributed by atoms with Crippen LogP contribution in [0.3, 0.4) is 0 Å². The van der Waals surface area contributed by atoms with Gasteiger partial charge in [0.1, 0.15) is 11.5 Å². The van der Waals surface area contributed by atoms with Crippen molar-refractivity contribution < 1.29 is 4.42 Å². The van der Waals surface area contributed by atoms with Gasteiger partial charge in [-0.2, -0.15) is 0 Å². The van der Waals surface area contributed by atoms with Crippen molar-refractivity contribution in [2.75, 3.05) is 0 Å². The Morgan fingerprint density at radius 3 is 2.15 bits per heavy atom. The summed E-state index contributed by atoms with van der Waals surface area (Å²) in [5, 5.41) is 0. The van der Waals surface area contributed by atoms with Crippen LogP contribution in [0.4, 0.5) is 0 Å². The molecule has 0 bridgehead atoms. The van der Waals surface area contributed by atoms with Crippen LogP contribution in [0.1, 0.15) is 43.9 Å². The molecule has 0 spiro atoms. The highest BCUT2D eigenvalue weighted by Gasteiger charge is 2.25. The predicted molar refractivity (Wildman–Crippen MR) is 54.6 cm³/mol. The third-order valence-electron chi connectivity index (χ3n) is 2.42. The van der Waals surface area contributed by atoms with Crippen LogP contribution in [0.25, 0.3) is 0 Å². The Morgan fingerprint density at radius 2 is 1.85 bits per heavy atom. The maximum atomic E-state index is 6.06. The Bertz CT molecular complexity index is 274. The first-order valence-electron chi connectivity index (χ1n) is 4.65. The van der Waals surface area contributed by atoms with Gasteiger partial charge in [-0.3, -0.25) is 0 Å². The van der Waals surface area contributed by atoms with Crippen molar-refractivity contribution in [3.05, 3.63) is 23.2 Å². The maximum Gasteiger partial charge on any atom is 0.121 e. The van der Waals surface area contributed by atoms with Gasteiger partial charge in [0.25, 0.3) is 0 Å². The summed E-state index contributed by atoms with van der Waals surface area (Å²) < 4.78 is 5.58. The molecule has 0 aliphatic heterocycles. The predicted octanol–water partition coefficient (Wildman–Crippen LogP) is 2.94. The van der Waals surface area contributed by atoms with Gasteiger partial charge in [-0.05, 0) is 30.9 Å². The summed E-state index contributed by atoms with van der Waals surface area (Å²) in [4.78, 5) is 0. The van der Waals surface area contributed by atoms with Gasteiger partial charge in [0.05, 0.1) is 6.04 Å². The van der Waals surface area contributed by atoms with E-state index in [0.717, 1.165) is 11.5 Å². The molecule has 74 valence electrons. The topological polar surface area (TPSA) is 39.2 Å². The second-order valence-electron chi connectivity index (χ2n) is 4.73. The fourth-order valence-corrected chi connectivity index (χ4v) is 1.18. The lowest BCUT2D eigenvalue weighted by Gasteiger charge is -2.24. The van der Waals surface area contributed by atoms with E-state index in [0.29, 0.717) is 0 Å². The molecule has 0 aliphatic carbocycles. The van der Waals surface area contributed by atoms with Crippen molar-refractivity contribution in [1.82, 2.24) is 0 Å². The van der Waals surface area contributed by atoms with Crippen molar-refractivity contribution >= 4 is 0 Å². The van der Waals surface area contributed by atoms with Crippen molar-refractivity contribution in [2.45, 2.75) is 40.7 Å². The van der Waals surface area contributed by atoms with Gasteiger partial charge in [-0.25, -0.2) is 0 Å². The Balaban J connectivity index is 2.96. The lowest BCUT2D eigenvalue weighted by Crippen LogP contribution is -2.25. The summed E-state index contributed by atoms with van der Waals surface area (Å²) in [6.45, 7) is 10.4. The van der Waals surface area contributed by atoms with Crippen LogP contribution in [-0.2, 0) is 0 Å². The summed E-state index contributed by atoms with van der Waals surface area (Å²) >= 11 is 0. The number of nitrogens with two attached hydrogens (primary N) is 1. The van der Waals surface area contributed by atoms with Crippen LogP contribution < -0.4 is 5.73 Å². The lowest BCUT2D eigenvalue weighted by atomic mass is 9.86. The second-order valence-corrected chi connectivity index (χ2v) is 4.73. The molecule has 0 saturated heterocycles. The fraction of sp³-hybridized carbons (Fsp3) is 0.636. The van der Waals surface area contributed by atoms with E-state index in [-0.39, 0.29) is 11.5 Å².